The lowest BCUT2D eigenvalue weighted by atomic mass is 10.4. The van der Waals surface area contributed by atoms with Gasteiger partial charge in [0.2, 0.25) is 0 Å². The minimum Gasteiger partial charge on any atom is -0.381 e. The molecule has 0 saturated carbocycles. The van der Waals surface area contributed by atoms with Gasteiger partial charge < -0.3 is 4.74 Å². The lowest BCUT2D eigenvalue weighted by molar-refractivity contribution is 0.149. The Morgan fingerprint density at radius 1 is 1.62 bits per heavy atom. The van der Waals surface area contributed by atoms with E-state index in [9.17, 15) is 0 Å². The number of halogens is 2. The van der Waals surface area contributed by atoms with Crippen molar-refractivity contribution < 1.29 is 4.74 Å². The third-order valence-corrected chi connectivity index (χ3v) is 2.82. The van der Waals surface area contributed by atoms with E-state index in [1.165, 1.54) is 0 Å². The van der Waals surface area contributed by atoms with E-state index >= 15 is 0 Å². The van der Waals surface area contributed by atoms with Crippen LogP contribution >= 0.6 is 34.2 Å². The first-order chi connectivity index (χ1) is 6.24. The predicted octanol–water partition coefficient (Wildman–Crippen LogP) is 2.31. The van der Waals surface area contributed by atoms with Crippen molar-refractivity contribution in [1.82, 2.24) is 9.97 Å². The summed E-state index contributed by atoms with van der Waals surface area (Å²) in [5.41, 5.74) is 0. The van der Waals surface area contributed by atoms with Crippen molar-refractivity contribution in [3.05, 3.63) is 20.7 Å². The van der Waals surface area contributed by atoms with Gasteiger partial charge in [0, 0.05) is 19.2 Å². The van der Waals surface area contributed by atoms with E-state index in [1.54, 1.807) is 6.20 Å². The highest BCUT2D eigenvalue weighted by atomic mass is 127. The van der Waals surface area contributed by atoms with E-state index < -0.39 is 0 Å². The van der Waals surface area contributed by atoms with Gasteiger partial charge >= 0.3 is 0 Å². The molecule has 0 spiro atoms. The molecule has 0 aliphatic rings. The molecule has 1 heterocycles. The Labute approximate surface area is 96.0 Å². The second-order valence-corrected chi connectivity index (χ2v) is 3.89. The van der Waals surface area contributed by atoms with E-state index in [0.717, 1.165) is 16.0 Å². The molecule has 0 bridgehead atoms. The molecule has 0 aliphatic carbocycles. The van der Waals surface area contributed by atoms with Crippen LogP contribution in [-0.4, -0.2) is 23.2 Å². The van der Waals surface area contributed by atoms with Gasteiger partial charge in [0.15, 0.2) is 0 Å². The average molecular weight is 313 g/mol. The fourth-order valence-electron chi connectivity index (χ4n) is 0.808. The highest BCUT2D eigenvalue weighted by Gasteiger charge is 2.01. The second kappa shape index (κ2) is 5.72. The molecule has 0 aromatic carbocycles. The zero-order valence-electron chi connectivity index (χ0n) is 7.26. The van der Waals surface area contributed by atoms with Crippen molar-refractivity contribution in [3.63, 3.8) is 0 Å². The lowest BCUT2D eigenvalue weighted by Crippen LogP contribution is -2.03. The number of hydrogen-bond donors (Lipinski definition) is 0. The molecule has 1 rings (SSSR count). The third-order valence-electron chi connectivity index (χ3n) is 1.43. The normalized spacial score (nSPS) is 10.4. The molecular weight excluding hydrogens is 302 g/mol. The molecule has 0 fully saturated rings. The monoisotopic (exact) mass is 312 g/mol. The van der Waals surface area contributed by atoms with Crippen LogP contribution < -0.4 is 0 Å². The van der Waals surface area contributed by atoms with Crippen molar-refractivity contribution in [2.75, 3.05) is 13.2 Å². The summed E-state index contributed by atoms with van der Waals surface area (Å²) in [7, 11) is 0. The van der Waals surface area contributed by atoms with Crippen LogP contribution in [-0.2, 0) is 11.2 Å². The van der Waals surface area contributed by atoms with Gasteiger partial charge in [-0.3, -0.25) is 0 Å². The molecule has 0 saturated heterocycles. The van der Waals surface area contributed by atoms with Crippen LogP contribution in [0.25, 0.3) is 0 Å². The second-order valence-electron chi connectivity index (χ2n) is 2.37. The maximum atomic E-state index is 5.83. The van der Waals surface area contributed by atoms with Gasteiger partial charge in [0.25, 0.3) is 0 Å². The Hall–Kier alpha value is 0.0600. The first-order valence-electron chi connectivity index (χ1n) is 3.98. The minimum absolute atomic E-state index is 0.516. The van der Waals surface area contributed by atoms with E-state index in [4.69, 9.17) is 16.3 Å². The highest BCUT2D eigenvalue weighted by molar-refractivity contribution is 14.1. The summed E-state index contributed by atoms with van der Waals surface area (Å²) in [4.78, 5) is 8.24. The molecular formula is C8H10ClIN2O. The Morgan fingerprint density at radius 3 is 3.00 bits per heavy atom. The predicted molar refractivity (Wildman–Crippen MR) is 60.0 cm³/mol. The average Bonchev–Trinajstić information content (AvgIpc) is 2.12. The number of aromatic nitrogens is 2. The first kappa shape index (κ1) is 11.1. The van der Waals surface area contributed by atoms with Crippen molar-refractivity contribution >= 4 is 34.2 Å². The van der Waals surface area contributed by atoms with Gasteiger partial charge in [-0.25, -0.2) is 9.97 Å². The molecule has 0 N–H and O–H groups in total. The first-order valence-corrected chi connectivity index (χ1v) is 5.44. The third kappa shape index (κ3) is 3.74. The highest BCUT2D eigenvalue weighted by Crippen LogP contribution is 2.13. The summed E-state index contributed by atoms with van der Waals surface area (Å²) in [6, 6.07) is 0. The van der Waals surface area contributed by atoms with Crippen LogP contribution in [0, 0.1) is 3.57 Å². The van der Waals surface area contributed by atoms with Gasteiger partial charge in [-0.05, 0) is 29.5 Å². The molecule has 1 aromatic rings. The van der Waals surface area contributed by atoms with Crippen LogP contribution in [0.15, 0.2) is 6.20 Å². The molecule has 0 amide bonds. The molecule has 0 atom stereocenters. The lowest BCUT2D eigenvalue weighted by Gasteiger charge is -2.01. The molecule has 0 unspecified atom stereocenters. The minimum atomic E-state index is 0.516. The van der Waals surface area contributed by atoms with Crippen LogP contribution in [0.4, 0.5) is 0 Å². The summed E-state index contributed by atoms with van der Waals surface area (Å²) in [6.07, 6.45) is 2.43. The van der Waals surface area contributed by atoms with E-state index in [2.05, 4.69) is 32.6 Å². The quantitative estimate of drug-likeness (QED) is 0.486. The number of nitrogens with zero attached hydrogens (tertiary/aromatic N) is 2. The molecule has 0 radical (unpaired) electrons. The molecule has 3 nitrogen and oxygen atoms in total. The molecule has 13 heavy (non-hydrogen) atoms. The summed E-state index contributed by atoms with van der Waals surface area (Å²) >= 11 is 7.93. The van der Waals surface area contributed by atoms with E-state index in [-0.39, 0.29) is 0 Å². The van der Waals surface area contributed by atoms with Gasteiger partial charge in [0.05, 0.1) is 10.2 Å². The SMILES string of the molecule is CCOCCc1ncc(I)c(Cl)n1. The van der Waals surface area contributed by atoms with Crippen LogP contribution in [0.3, 0.4) is 0 Å². The van der Waals surface area contributed by atoms with Gasteiger partial charge in [-0.2, -0.15) is 0 Å². The van der Waals surface area contributed by atoms with E-state index in [1.807, 2.05) is 6.92 Å². The Kier molecular flexibility index (Phi) is 4.90. The zero-order chi connectivity index (χ0) is 9.68. The molecule has 72 valence electrons. The fourth-order valence-corrected chi connectivity index (χ4v) is 1.21. The number of ether oxygens (including phenoxy) is 1. The molecule has 0 aliphatic heterocycles. The zero-order valence-corrected chi connectivity index (χ0v) is 10.2. The van der Waals surface area contributed by atoms with Crippen molar-refractivity contribution in [3.8, 4) is 0 Å². The van der Waals surface area contributed by atoms with Crippen molar-refractivity contribution in [2.24, 2.45) is 0 Å². The Morgan fingerprint density at radius 2 is 2.38 bits per heavy atom. The topological polar surface area (TPSA) is 35.0 Å². The maximum absolute atomic E-state index is 5.83. The summed E-state index contributed by atoms with van der Waals surface area (Å²) in [6.45, 7) is 3.33. The Balaban J connectivity index is 2.53. The largest absolute Gasteiger partial charge is 0.381 e. The fraction of sp³-hybridized carbons (Fsp3) is 0.500. The number of hydrogen-bond acceptors (Lipinski definition) is 3. The van der Waals surface area contributed by atoms with Crippen LogP contribution in [0.1, 0.15) is 12.7 Å². The van der Waals surface area contributed by atoms with Gasteiger partial charge in [-0.15, -0.1) is 0 Å². The standard InChI is InChI=1S/C8H10ClIN2O/c1-2-13-4-3-7-11-5-6(10)8(9)12-7/h5H,2-4H2,1H3. The summed E-state index contributed by atoms with van der Waals surface area (Å²) < 4.78 is 6.06. The summed E-state index contributed by atoms with van der Waals surface area (Å²) in [5.74, 6) is 0.735. The number of rotatable bonds is 4. The molecule has 5 heteroatoms. The maximum Gasteiger partial charge on any atom is 0.146 e. The van der Waals surface area contributed by atoms with Crippen molar-refractivity contribution in [1.29, 1.82) is 0 Å². The molecule has 1 aromatic heterocycles. The van der Waals surface area contributed by atoms with Crippen LogP contribution in [0.5, 0.6) is 0 Å². The van der Waals surface area contributed by atoms with Gasteiger partial charge in [0.1, 0.15) is 11.0 Å². The summed E-state index contributed by atoms with van der Waals surface area (Å²) in [5, 5.41) is 0.516. The van der Waals surface area contributed by atoms with E-state index in [0.29, 0.717) is 18.2 Å². The smallest absolute Gasteiger partial charge is 0.146 e. The van der Waals surface area contributed by atoms with Crippen LogP contribution in [0.2, 0.25) is 5.15 Å². The van der Waals surface area contributed by atoms with Gasteiger partial charge in [-0.1, -0.05) is 11.6 Å². The van der Waals surface area contributed by atoms with Crippen molar-refractivity contribution in [2.45, 2.75) is 13.3 Å². The Bertz CT molecular complexity index is 283.